The highest BCUT2D eigenvalue weighted by molar-refractivity contribution is 6.47. The van der Waals surface area contributed by atoms with Crippen molar-refractivity contribution >= 4 is 29.1 Å². The van der Waals surface area contributed by atoms with Gasteiger partial charge in [0.15, 0.2) is 0 Å². The van der Waals surface area contributed by atoms with E-state index in [1.807, 2.05) is 19.0 Å². The molecule has 8 heteroatoms. The third-order valence-corrected chi connectivity index (χ3v) is 5.50. The topological polar surface area (TPSA) is 79.3 Å². The summed E-state index contributed by atoms with van der Waals surface area (Å²) >= 11 is 6.30. The molecule has 1 heterocycles. The lowest BCUT2D eigenvalue weighted by molar-refractivity contribution is -0.140. The first-order valence-electron chi connectivity index (χ1n) is 9.69. The van der Waals surface area contributed by atoms with Gasteiger partial charge in [-0.05, 0) is 50.0 Å². The highest BCUT2D eigenvalue weighted by Crippen LogP contribution is 2.41. The van der Waals surface area contributed by atoms with Crippen LogP contribution < -0.4 is 9.47 Å². The highest BCUT2D eigenvalue weighted by atomic mass is 35.5. The lowest BCUT2D eigenvalue weighted by Gasteiger charge is -2.27. The number of carbonyl (C=O) groups is 2. The first-order valence-corrected chi connectivity index (χ1v) is 10.1. The number of ketones is 1. The molecule has 1 amide bonds. The van der Waals surface area contributed by atoms with Crippen LogP contribution in [0.1, 0.15) is 17.2 Å². The number of aliphatic hydroxyl groups excluding tert-OH is 1. The first-order chi connectivity index (χ1) is 14.8. The second-order valence-corrected chi connectivity index (χ2v) is 7.83. The summed E-state index contributed by atoms with van der Waals surface area (Å²) in [7, 11) is 6.79. The van der Waals surface area contributed by atoms with Crippen molar-refractivity contribution < 1.29 is 24.2 Å². The number of carbonyl (C=O) groups excluding carboxylic acids is 2. The summed E-state index contributed by atoms with van der Waals surface area (Å²) in [4.78, 5) is 29.4. The summed E-state index contributed by atoms with van der Waals surface area (Å²) in [5.41, 5.74) is 0.851. The van der Waals surface area contributed by atoms with Gasteiger partial charge in [-0.2, -0.15) is 0 Å². The minimum absolute atomic E-state index is 0.0211. The highest BCUT2D eigenvalue weighted by Gasteiger charge is 2.46. The predicted molar refractivity (Wildman–Crippen MR) is 119 cm³/mol. The number of ether oxygens (including phenoxy) is 2. The maximum Gasteiger partial charge on any atom is 0.295 e. The minimum atomic E-state index is -0.780. The van der Waals surface area contributed by atoms with Crippen LogP contribution in [0.4, 0.5) is 0 Å². The third kappa shape index (κ3) is 4.52. The molecule has 1 fully saturated rings. The number of methoxy groups -OCH3 is 2. The SMILES string of the molecule is COc1cccc(C2/C(=C(\O)c3cc(OC)ccc3Cl)C(=O)C(=O)N2CCN(C)C)c1. The van der Waals surface area contributed by atoms with Crippen molar-refractivity contribution in [3.63, 3.8) is 0 Å². The lowest BCUT2D eigenvalue weighted by atomic mass is 9.95. The van der Waals surface area contributed by atoms with Gasteiger partial charge in [0.1, 0.15) is 17.3 Å². The summed E-state index contributed by atoms with van der Waals surface area (Å²) in [5.74, 6) is -0.735. The summed E-state index contributed by atoms with van der Waals surface area (Å²) in [6.45, 7) is 0.857. The number of hydrogen-bond donors (Lipinski definition) is 1. The van der Waals surface area contributed by atoms with Gasteiger partial charge in [-0.1, -0.05) is 23.7 Å². The fourth-order valence-electron chi connectivity index (χ4n) is 3.53. The van der Waals surface area contributed by atoms with Gasteiger partial charge in [0.2, 0.25) is 0 Å². The number of benzene rings is 2. The molecule has 31 heavy (non-hydrogen) atoms. The maximum atomic E-state index is 13.1. The largest absolute Gasteiger partial charge is 0.507 e. The van der Waals surface area contributed by atoms with Crippen molar-refractivity contribution in [3.05, 3.63) is 64.2 Å². The van der Waals surface area contributed by atoms with Crippen molar-refractivity contribution in [1.29, 1.82) is 0 Å². The van der Waals surface area contributed by atoms with Crippen LogP contribution in [0.3, 0.4) is 0 Å². The molecule has 164 valence electrons. The van der Waals surface area contributed by atoms with E-state index in [4.69, 9.17) is 21.1 Å². The zero-order chi connectivity index (χ0) is 22.7. The van der Waals surface area contributed by atoms with E-state index in [9.17, 15) is 14.7 Å². The normalized spacial score (nSPS) is 18.0. The molecule has 3 rings (SSSR count). The molecule has 0 aromatic heterocycles. The second kappa shape index (κ2) is 9.41. The van der Waals surface area contributed by atoms with Gasteiger partial charge in [0.25, 0.3) is 11.7 Å². The fraction of sp³-hybridized carbons (Fsp3) is 0.304. The van der Waals surface area contributed by atoms with Crippen LogP contribution in [0.25, 0.3) is 5.76 Å². The van der Waals surface area contributed by atoms with E-state index in [-0.39, 0.29) is 21.9 Å². The monoisotopic (exact) mass is 444 g/mol. The van der Waals surface area contributed by atoms with Crippen LogP contribution in [0.5, 0.6) is 11.5 Å². The zero-order valence-electron chi connectivity index (χ0n) is 17.9. The van der Waals surface area contributed by atoms with Crippen molar-refractivity contribution in [3.8, 4) is 11.5 Å². The molecule has 1 N–H and O–H groups in total. The van der Waals surface area contributed by atoms with E-state index in [1.165, 1.54) is 25.2 Å². The Kier molecular flexibility index (Phi) is 6.87. The van der Waals surface area contributed by atoms with E-state index in [2.05, 4.69) is 0 Å². The summed E-state index contributed by atoms with van der Waals surface area (Å²) < 4.78 is 10.5. The number of likely N-dealkylation sites (N-methyl/N-ethyl adjacent to an activating group) is 1. The molecule has 1 aliphatic rings. The van der Waals surface area contributed by atoms with E-state index >= 15 is 0 Å². The van der Waals surface area contributed by atoms with Gasteiger partial charge in [0, 0.05) is 18.7 Å². The van der Waals surface area contributed by atoms with E-state index < -0.39 is 17.7 Å². The average molecular weight is 445 g/mol. The molecule has 0 bridgehead atoms. The molecule has 0 spiro atoms. The van der Waals surface area contributed by atoms with Crippen LogP contribution in [-0.4, -0.2) is 68.0 Å². The van der Waals surface area contributed by atoms with Crippen LogP contribution >= 0.6 is 11.6 Å². The Hall–Kier alpha value is -3.03. The molecule has 2 aromatic carbocycles. The Morgan fingerprint density at radius 1 is 1.10 bits per heavy atom. The van der Waals surface area contributed by atoms with Crippen LogP contribution in [0.15, 0.2) is 48.0 Å². The van der Waals surface area contributed by atoms with Crippen LogP contribution in [0, 0.1) is 0 Å². The van der Waals surface area contributed by atoms with Gasteiger partial charge < -0.3 is 24.4 Å². The number of nitrogens with zero attached hydrogens (tertiary/aromatic N) is 2. The van der Waals surface area contributed by atoms with Gasteiger partial charge >= 0.3 is 0 Å². The molecule has 0 radical (unpaired) electrons. The molecule has 7 nitrogen and oxygen atoms in total. The van der Waals surface area contributed by atoms with E-state index in [1.54, 1.807) is 36.4 Å². The van der Waals surface area contributed by atoms with Crippen molar-refractivity contribution in [1.82, 2.24) is 9.80 Å². The summed E-state index contributed by atoms with van der Waals surface area (Å²) in [5, 5.41) is 11.4. The van der Waals surface area contributed by atoms with Gasteiger partial charge in [-0.15, -0.1) is 0 Å². The van der Waals surface area contributed by atoms with Gasteiger partial charge in [-0.25, -0.2) is 0 Å². The number of halogens is 1. The Balaban J connectivity index is 2.21. The Morgan fingerprint density at radius 3 is 2.42 bits per heavy atom. The van der Waals surface area contributed by atoms with Crippen molar-refractivity contribution in [2.24, 2.45) is 0 Å². The Labute approximate surface area is 186 Å². The zero-order valence-corrected chi connectivity index (χ0v) is 18.6. The Morgan fingerprint density at radius 2 is 1.77 bits per heavy atom. The van der Waals surface area contributed by atoms with Crippen LogP contribution in [0.2, 0.25) is 5.02 Å². The van der Waals surface area contributed by atoms with Crippen LogP contribution in [-0.2, 0) is 9.59 Å². The molecule has 1 unspecified atom stereocenters. The molecule has 1 saturated heterocycles. The maximum absolute atomic E-state index is 13.1. The van der Waals surface area contributed by atoms with E-state index in [0.717, 1.165) is 0 Å². The number of hydrogen-bond acceptors (Lipinski definition) is 6. The average Bonchev–Trinajstić information content (AvgIpc) is 3.02. The molecule has 0 saturated carbocycles. The molecular formula is C23H25ClN2O5. The van der Waals surface area contributed by atoms with Gasteiger partial charge in [-0.3, -0.25) is 9.59 Å². The van der Waals surface area contributed by atoms with Gasteiger partial charge in [0.05, 0.1) is 30.9 Å². The predicted octanol–water partition coefficient (Wildman–Crippen LogP) is 3.34. The minimum Gasteiger partial charge on any atom is -0.507 e. The van der Waals surface area contributed by atoms with Crippen molar-refractivity contribution in [2.45, 2.75) is 6.04 Å². The number of rotatable bonds is 7. The fourth-order valence-corrected chi connectivity index (χ4v) is 3.74. The number of amides is 1. The smallest absolute Gasteiger partial charge is 0.295 e. The van der Waals surface area contributed by atoms with Crippen molar-refractivity contribution in [2.75, 3.05) is 41.4 Å². The third-order valence-electron chi connectivity index (χ3n) is 5.17. The summed E-state index contributed by atoms with van der Waals surface area (Å²) in [6.07, 6.45) is 0. The molecule has 0 aliphatic carbocycles. The first kappa shape index (κ1) is 22.7. The quantitative estimate of drug-likeness (QED) is 0.401. The summed E-state index contributed by atoms with van der Waals surface area (Å²) in [6, 6.07) is 11.1. The number of likely N-dealkylation sites (tertiary alicyclic amines) is 1. The molecule has 1 aliphatic heterocycles. The lowest BCUT2D eigenvalue weighted by Crippen LogP contribution is -2.35. The molecule has 2 aromatic rings. The second-order valence-electron chi connectivity index (χ2n) is 7.42. The van der Waals surface area contributed by atoms with E-state index in [0.29, 0.717) is 30.2 Å². The Bertz CT molecular complexity index is 1030. The number of aliphatic hydroxyl groups is 1. The molecule has 1 atom stereocenters. The standard InChI is InChI=1S/C23H25ClN2O5/c1-25(2)10-11-26-20(14-6-5-7-15(12-14)30-3)19(22(28)23(26)29)21(27)17-13-16(31-4)8-9-18(17)24/h5-9,12-13,20,27H,10-11H2,1-4H3/b21-19+. The molecular weight excluding hydrogens is 420 g/mol. The number of Topliss-reactive ketones (excluding diaryl/α,β-unsaturated/α-hetero) is 1.